The molecule has 1 aliphatic rings. The van der Waals surface area contributed by atoms with Crippen LogP contribution in [0.3, 0.4) is 0 Å². The number of rotatable bonds is 3. The average molecular weight is 319 g/mol. The molecule has 0 unspecified atom stereocenters. The molecule has 1 N–H and O–H groups in total. The van der Waals surface area contributed by atoms with E-state index in [2.05, 4.69) is 10.3 Å². The van der Waals surface area contributed by atoms with Gasteiger partial charge in [-0.2, -0.15) is 0 Å². The van der Waals surface area contributed by atoms with E-state index in [1.165, 1.54) is 0 Å². The number of hydrogen-bond acceptors (Lipinski definition) is 3. The number of amides is 1. The van der Waals surface area contributed by atoms with Gasteiger partial charge in [-0.05, 0) is 30.7 Å². The first-order chi connectivity index (χ1) is 11.7. The Kier molecular flexibility index (Phi) is 3.41. The maximum absolute atomic E-state index is 12.7. The highest BCUT2D eigenvalue weighted by Crippen LogP contribution is 2.34. The van der Waals surface area contributed by atoms with E-state index < -0.39 is 0 Å². The zero-order valence-electron chi connectivity index (χ0n) is 13.3. The zero-order chi connectivity index (χ0) is 16.7. The Labute approximate surface area is 139 Å². The van der Waals surface area contributed by atoms with E-state index in [9.17, 15) is 9.59 Å². The van der Waals surface area contributed by atoms with Crippen LogP contribution in [0.15, 0.2) is 53.3 Å². The van der Waals surface area contributed by atoms with Crippen molar-refractivity contribution in [3.8, 4) is 0 Å². The average Bonchev–Trinajstić information content (AvgIpc) is 2.91. The third-order valence-electron chi connectivity index (χ3n) is 4.55. The van der Waals surface area contributed by atoms with Crippen LogP contribution in [-0.2, 0) is 17.8 Å². The summed E-state index contributed by atoms with van der Waals surface area (Å²) in [6, 6.07) is 15.0. The minimum Gasteiger partial charge on any atom is -0.325 e. The van der Waals surface area contributed by atoms with Gasteiger partial charge in [0.1, 0.15) is 5.82 Å². The van der Waals surface area contributed by atoms with Gasteiger partial charge in [0, 0.05) is 18.7 Å². The Bertz CT molecular complexity index is 1010. The minimum atomic E-state index is -0.313. The lowest BCUT2D eigenvalue weighted by molar-refractivity contribution is -0.117. The number of nitrogens with one attached hydrogen (secondary N) is 1. The first-order valence-electron chi connectivity index (χ1n) is 8.07. The molecule has 0 saturated carbocycles. The zero-order valence-corrected chi connectivity index (χ0v) is 13.3. The second-order valence-corrected chi connectivity index (χ2v) is 5.93. The van der Waals surface area contributed by atoms with Crippen LogP contribution in [-0.4, -0.2) is 15.5 Å². The summed E-state index contributed by atoms with van der Waals surface area (Å²) in [5.74, 6) is 0.298. The van der Waals surface area contributed by atoms with Crippen molar-refractivity contribution in [3.05, 3.63) is 70.3 Å². The molecule has 1 aliphatic heterocycles. The van der Waals surface area contributed by atoms with Crippen LogP contribution in [0.1, 0.15) is 24.2 Å². The fraction of sp³-hybridized carbons (Fsp3) is 0.211. The molecule has 4 rings (SSSR count). The predicted octanol–water partition coefficient (Wildman–Crippen LogP) is 2.69. The van der Waals surface area contributed by atoms with Crippen molar-refractivity contribution < 1.29 is 4.79 Å². The van der Waals surface area contributed by atoms with E-state index >= 15 is 0 Å². The van der Waals surface area contributed by atoms with Crippen LogP contribution in [0.25, 0.3) is 10.9 Å². The van der Waals surface area contributed by atoms with Crippen molar-refractivity contribution in [1.82, 2.24) is 9.55 Å². The minimum absolute atomic E-state index is 0.0405. The van der Waals surface area contributed by atoms with Crippen LogP contribution < -0.4 is 10.9 Å². The number of aromatic nitrogens is 2. The number of benzene rings is 2. The van der Waals surface area contributed by atoms with Gasteiger partial charge in [0.2, 0.25) is 5.91 Å². The van der Waals surface area contributed by atoms with Gasteiger partial charge in [-0.3, -0.25) is 14.2 Å². The number of fused-ring (bicyclic) bond motifs is 2. The monoisotopic (exact) mass is 319 g/mol. The summed E-state index contributed by atoms with van der Waals surface area (Å²) in [5.41, 5.74) is 2.44. The lowest BCUT2D eigenvalue weighted by atomic mass is 9.96. The van der Waals surface area contributed by atoms with Crippen molar-refractivity contribution >= 4 is 22.5 Å². The first kappa shape index (κ1) is 14.6. The number of hydrogen-bond donors (Lipinski definition) is 1. The molecule has 0 bridgehead atoms. The van der Waals surface area contributed by atoms with Gasteiger partial charge in [-0.1, -0.05) is 30.3 Å². The molecular weight excluding hydrogens is 302 g/mol. The van der Waals surface area contributed by atoms with Gasteiger partial charge in [0.05, 0.1) is 16.8 Å². The third-order valence-corrected chi connectivity index (χ3v) is 4.55. The molecule has 1 amide bonds. The van der Waals surface area contributed by atoms with Crippen LogP contribution in [0, 0.1) is 0 Å². The molecule has 0 radical (unpaired) electrons. The molecule has 0 spiro atoms. The van der Waals surface area contributed by atoms with E-state index in [4.69, 9.17) is 0 Å². The molecule has 2 aromatic carbocycles. The largest absolute Gasteiger partial charge is 0.325 e. The normalized spacial score (nSPS) is 16.2. The highest BCUT2D eigenvalue weighted by Gasteiger charge is 2.31. The molecule has 5 heteroatoms. The maximum Gasteiger partial charge on any atom is 0.261 e. The van der Waals surface area contributed by atoms with Crippen LogP contribution in [0.4, 0.5) is 5.69 Å². The molecule has 2 heterocycles. The van der Waals surface area contributed by atoms with Gasteiger partial charge >= 0.3 is 0 Å². The molecule has 24 heavy (non-hydrogen) atoms. The first-order valence-corrected chi connectivity index (χ1v) is 8.07. The Balaban J connectivity index is 1.83. The summed E-state index contributed by atoms with van der Waals surface area (Å²) < 4.78 is 1.66. The predicted molar refractivity (Wildman–Crippen MR) is 93.2 cm³/mol. The quantitative estimate of drug-likeness (QED) is 0.807. The van der Waals surface area contributed by atoms with E-state index in [-0.39, 0.29) is 17.4 Å². The Morgan fingerprint density at radius 3 is 2.67 bits per heavy atom. The van der Waals surface area contributed by atoms with Gasteiger partial charge in [-0.25, -0.2) is 4.98 Å². The molecule has 5 nitrogen and oxygen atoms in total. The van der Waals surface area contributed by atoms with Crippen molar-refractivity contribution in [3.63, 3.8) is 0 Å². The Morgan fingerprint density at radius 1 is 1.08 bits per heavy atom. The van der Waals surface area contributed by atoms with Crippen LogP contribution in [0.2, 0.25) is 0 Å². The van der Waals surface area contributed by atoms with E-state index in [1.54, 1.807) is 10.6 Å². The molecule has 1 aromatic heterocycles. The molecular formula is C19H17N3O2. The lowest BCUT2D eigenvalue weighted by Crippen LogP contribution is -2.27. The van der Waals surface area contributed by atoms with Crippen molar-refractivity contribution in [2.75, 3.05) is 5.32 Å². The summed E-state index contributed by atoms with van der Waals surface area (Å²) in [6.45, 7) is 2.45. The second-order valence-electron chi connectivity index (χ2n) is 5.93. The highest BCUT2D eigenvalue weighted by atomic mass is 16.2. The van der Waals surface area contributed by atoms with Crippen LogP contribution >= 0.6 is 0 Å². The van der Waals surface area contributed by atoms with E-state index in [0.29, 0.717) is 29.7 Å². The van der Waals surface area contributed by atoms with E-state index in [1.807, 2.05) is 49.4 Å². The van der Waals surface area contributed by atoms with Gasteiger partial charge in [-0.15, -0.1) is 0 Å². The van der Waals surface area contributed by atoms with Gasteiger partial charge < -0.3 is 5.32 Å². The molecule has 0 fully saturated rings. The Hall–Kier alpha value is -2.95. The number of carbonyl (C=O) groups excluding carboxylic acids is 1. The lowest BCUT2D eigenvalue weighted by Gasteiger charge is -2.14. The number of nitrogens with zero attached hydrogens (tertiary/aromatic N) is 2. The number of para-hydroxylation sites is 2. The second kappa shape index (κ2) is 5.60. The standard InChI is InChI=1S/C19H17N3O2/c1-2-22-17(20-16-10-6-4-8-13(16)19(22)24)11-14-12-7-3-5-9-15(12)21-18(14)23/h3-10,14H,2,11H2,1H3,(H,21,23)/t14-/m0/s1. The fourth-order valence-corrected chi connectivity index (χ4v) is 3.36. The topological polar surface area (TPSA) is 64.0 Å². The number of anilines is 1. The molecule has 0 saturated heterocycles. The summed E-state index contributed by atoms with van der Waals surface area (Å²) in [6.07, 6.45) is 0.413. The van der Waals surface area contributed by atoms with Crippen molar-refractivity contribution in [1.29, 1.82) is 0 Å². The summed E-state index contributed by atoms with van der Waals surface area (Å²) in [7, 11) is 0. The summed E-state index contributed by atoms with van der Waals surface area (Å²) in [4.78, 5) is 29.7. The molecule has 0 aliphatic carbocycles. The molecule has 1 atom stereocenters. The molecule has 3 aromatic rings. The SMILES string of the molecule is CCn1c(C[C@@H]2C(=O)Nc3ccccc32)nc2ccccc2c1=O. The summed E-state index contributed by atoms with van der Waals surface area (Å²) >= 11 is 0. The van der Waals surface area contributed by atoms with Crippen molar-refractivity contribution in [2.24, 2.45) is 0 Å². The Morgan fingerprint density at radius 2 is 1.83 bits per heavy atom. The number of carbonyl (C=O) groups is 1. The maximum atomic E-state index is 12.7. The van der Waals surface area contributed by atoms with Gasteiger partial charge in [0.15, 0.2) is 0 Å². The molecule has 120 valence electrons. The summed E-state index contributed by atoms with van der Waals surface area (Å²) in [5, 5.41) is 3.51. The smallest absolute Gasteiger partial charge is 0.261 e. The van der Waals surface area contributed by atoms with Crippen molar-refractivity contribution in [2.45, 2.75) is 25.8 Å². The van der Waals surface area contributed by atoms with E-state index in [0.717, 1.165) is 11.3 Å². The van der Waals surface area contributed by atoms with Crippen LogP contribution in [0.5, 0.6) is 0 Å². The fourth-order valence-electron chi connectivity index (χ4n) is 3.36. The highest BCUT2D eigenvalue weighted by molar-refractivity contribution is 6.03. The third kappa shape index (κ3) is 2.21. The van der Waals surface area contributed by atoms with Gasteiger partial charge in [0.25, 0.3) is 5.56 Å².